The summed E-state index contributed by atoms with van der Waals surface area (Å²) >= 11 is 0. The fourth-order valence-electron chi connectivity index (χ4n) is 2.30. The first kappa shape index (κ1) is 17.2. The van der Waals surface area contributed by atoms with E-state index in [9.17, 15) is 14.9 Å². The number of aryl methyl sites for hydroxylation is 1. The second-order valence-electron chi connectivity index (χ2n) is 5.54. The Morgan fingerprint density at radius 3 is 2.69 bits per heavy atom. The van der Waals surface area contributed by atoms with E-state index in [1.807, 2.05) is 30.3 Å². The van der Waals surface area contributed by atoms with Crippen LogP contribution in [0.4, 0.5) is 11.4 Å². The summed E-state index contributed by atoms with van der Waals surface area (Å²) in [5.74, 6) is 0.302. The number of nitro benzene ring substituents is 1. The lowest BCUT2D eigenvalue weighted by Crippen LogP contribution is -2.15. The predicted molar refractivity (Wildman–Crippen MR) is 95.1 cm³/mol. The molecule has 0 atom stereocenters. The van der Waals surface area contributed by atoms with E-state index in [2.05, 4.69) is 10.4 Å². The monoisotopic (exact) mass is 352 g/mol. The number of benzene rings is 2. The average Bonchev–Trinajstić information content (AvgIpc) is 3.11. The van der Waals surface area contributed by atoms with Crippen LogP contribution >= 0.6 is 0 Å². The Balaban J connectivity index is 1.64. The number of non-ortho nitro benzene ring substituents is 1. The highest BCUT2D eigenvalue weighted by Crippen LogP contribution is 2.21. The molecule has 2 aromatic carbocycles. The van der Waals surface area contributed by atoms with Crippen molar-refractivity contribution in [3.8, 4) is 5.75 Å². The van der Waals surface area contributed by atoms with Gasteiger partial charge in [-0.25, -0.2) is 4.68 Å². The zero-order valence-corrected chi connectivity index (χ0v) is 14.0. The number of nitro groups is 1. The number of hydrogen-bond acceptors (Lipinski definition) is 5. The van der Waals surface area contributed by atoms with Gasteiger partial charge in [-0.1, -0.05) is 18.2 Å². The molecule has 3 aromatic rings. The molecule has 1 N–H and O–H groups in total. The van der Waals surface area contributed by atoms with Gasteiger partial charge in [0.25, 0.3) is 11.6 Å². The van der Waals surface area contributed by atoms with Crippen LogP contribution in [-0.4, -0.2) is 20.6 Å². The van der Waals surface area contributed by atoms with Gasteiger partial charge in [0, 0.05) is 24.0 Å². The Labute approximate surface area is 149 Å². The molecule has 132 valence electrons. The predicted octanol–water partition coefficient (Wildman–Crippen LogP) is 3.39. The minimum Gasteiger partial charge on any atom is -0.471 e. The fourth-order valence-corrected chi connectivity index (χ4v) is 2.30. The standard InChI is InChI=1S/C18H16N4O4/c1-13-11-14(22(24)25)7-8-16(13)19-18(23)17-9-10-21(20-17)12-26-15-5-3-2-4-6-15/h2-11H,12H2,1H3,(H,19,23). The Morgan fingerprint density at radius 1 is 1.23 bits per heavy atom. The molecule has 0 aliphatic heterocycles. The van der Waals surface area contributed by atoms with Gasteiger partial charge in [0.1, 0.15) is 5.75 Å². The molecule has 1 heterocycles. The number of aromatic nitrogens is 2. The number of ether oxygens (including phenoxy) is 1. The molecule has 3 rings (SSSR count). The van der Waals surface area contributed by atoms with Crippen LogP contribution in [0.3, 0.4) is 0 Å². The number of amides is 1. The highest BCUT2D eigenvalue weighted by molar-refractivity contribution is 6.03. The minimum absolute atomic E-state index is 0.0252. The van der Waals surface area contributed by atoms with Crippen molar-refractivity contribution in [2.75, 3.05) is 5.32 Å². The van der Waals surface area contributed by atoms with E-state index < -0.39 is 10.8 Å². The number of nitrogens with zero attached hydrogens (tertiary/aromatic N) is 3. The molecule has 0 aliphatic carbocycles. The molecule has 0 bridgehead atoms. The van der Waals surface area contributed by atoms with Crippen LogP contribution in [0.2, 0.25) is 0 Å². The average molecular weight is 352 g/mol. The van der Waals surface area contributed by atoms with E-state index >= 15 is 0 Å². The maximum Gasteiger partial charge on any atom is 0.276 e. The van der Waals surface area contributed by atoms with Crippen LogP contribution in [0.5, 0.6) is 5.75 Å². The van der Waals surface area contributed by atoms with Crippen LogP contribution in [0.25, 0.3) is 0 Å². The van der Waals surface area contributed by atoms with E-state index in [-0.39, 0.29) is 18.1 Å². The summed E-state index contributed by atoms with van der Waals surface area (Å²) in [4.78, 5) is 22.6. The quantitative estimate of drug-likeness (QED) is 0.541. The maximum atomic E-state index is 12.3. The van der Waals surface area contributed by atoms with Crippen LogP contribution in [0.15, 0.2) is 60.8 Å². The molecule has 0 aliphatic rings. The topological polar surface area (TPSA) is 99.3 Å². The van der Waals surface area contributed by atoms with Gasteiger partial charge in [-0.15, -0.1) is 0 Å². The third-order valence-corrected chi connectivity index (χ3v) is 3.65. The van der Waals surface area contributed by atoms with E-state index in [0.717, 1.165) is 0 Å². The van der Waals surface area contributed by atoms with Crippen LogP contribution in [0, 0.1) is 17.0 Å². The summed E-state index contributed by atoms with van der Waals surface area (Å²) in [5.41, 5.74) is 1.29. The molecule has 1 aromatic heterocycles. The molecule has 26 heavy (non-hydrogen) atoms. The normalized spacial score (nSPS) is 10.3. The van der Waals surface area contributed by atoms with Crippen LogP contribution in [-0.2, 0) is 6.73 Å². The first-order valence-corrected chi connectivity index (χ1v) is 7.80. The molecule has 1 amide bonds. The summed E-state index contributed by atoms with van der Waals surface area (Å²) in [6, 6.07) is 15.1. The first-order chi connectivity index (χ1) is 12.5. The second kappa shape index (κ2) is 7.47. The number of hydrogen-bond donors (Lipinski definition) is 1. The molecule has 0 spiro atoms. The zero-order valence-electron chi connectivity index (χ0n) is 14.0. The maximum absolute atomic E-state index is 12.3. The van der Waals surface area contributed by atoms with Gasteiger partial charge in [0.2, 0.25) is 0 Å². The Hall–Kier alpha value is -3.68. The molecule has 0 fully saturated rings. The Morgan fingerprint density at radius 2 is 2.00 bits per heavy atom. The van der Waals surface area contributed by atoms with Crippen molar-refractivity contribution in [3.05, 3.63) is 82.2 Å². The summed E-state index contributed by atoms with van der Waals surface area (Å²) in [6.07, 6.45) is 1.64. The van der Waals surface area contributed by atoms with Crippen LogP contribution < -0.4 is 10.1 Å². The summed E-state index contributed by atoms with van der Waals surface area (Å²) < 4.78 is 7.07. The number of nitrogens with one attached hydrogen (secondary N) is 1. The lowest BCUT2D eigenvalue weighted by Gasteiger charge is -2.07. The zero-order chi connectivity index (χ0) is 18.5. The van der Waals surface area contributed by atoms with Crippen molar-refractivity contribution in [2.24, 2.45) is 0 Å². The van der Waals surface area contributed by atoms with Gasteiger partial charge in [-0.05, 0) is 36.8 Å². The first-order valence-electron chi connectivity index (χ1n) is 7.80. The number of para-hydroxylation sites is 1. The Bertz CT molecular complexity index is 937. The third kappa shape index (κ3) is 4.04. The molecular weight excluding hydrogens is 336 g/mol. The fraction of sp³-hybridized carbons (Fsp3) is 0.111. The number of carbonyl (C=O) groups is 1. The minimum atomic E-state index is -0.479. The molecule has 0 unspecified atom stereocenters. The molecule has 0 saturated heterocycles. The van der Waals surface area contributed by atoms with Gasteiger partial charge in [0.05, 0.1) is 4.92 Å². The molecular formula is C18H16N4O4. The van der Waals surface area contributed by atoms with E-state index in [1.165, 1.54) is 22.9 Å². The van der Waals surface area contributed by atoms with Crippen molar-refractivity contribution in [3.63, 3.8) is 0 Å². The van der Waals surface area contributed by atoms with Gasteiger partial charge < -0.3 is 10.1 Å². The number of carbonyl (C=O) groups excluding carboxylic acids is 1. The van der Waals surface area contributed by atoms with Crippen molar-refractivity contribution < 1.29 is 14.5 Å². The van der Waals surface area contributed by atoms with Crippen molar-refractivity contribution in [1.82, 2.24) is 9.78 Å². The summed E-state index contributed by atoms with van der Waals surface area (Å²) in [6.45, 7) is 1.86. The van der Waals surface area contributed by atoms with Gasteiger partial charge in [-0.3, -0.25) is 14.9 Å². The molecule has 8 heteroatoms. The summed E-state index contributed by atoms with van der Waals surface area (Å²) in [5, 5.41) is 17.6. The smallest absolute Gasteiger partial charge is 0.276 e. The largest absolute Gasteiger partial charge is 0.471 e. The summed E-state index contributed by atoms with van der Waals surface area (Å²) in [7, 11) is 0. The van der Waals surface area contributed by atoms with Gasteiger partial charge >= 0.3 is 0 Å². The highest BCUT2D eigenvalue weighted by Gasteiger charge is 2.13. The Kier molecular flexibility index (Phi) is 4.93. The van der Waals surface area contributed by atoms with E-state index in [4.69, 9.17) is 4.74 Å². The molecule has 0 saturated carbocycles. The second-order valence-corrected chi connectivity index (χ2v) is 5.54. The lowest BCUT2D eigenvalue weighted by atomic mass is 10.1. The van der Waals surface area contributed by atoms with E-state index in [0.29, 0.717) is 17.0 Å². The van der Waals surface area contributed by atoms with Crippen LogP contribution in [0.1, 0.15) is 16.1 Å². The molecule has 0 radical (unpaired) electrons. The number of anilines is 1. The van der Waals surface area contributed by atoms with Crippen molar-refractivity contribution in [2.45, 2.75) is 13.7 Å². The van der Waals surface area contributed by atoms with E-state index in [1.54, 1.807) is 19.2 Å². The van der Waals surface area contributed by atoms with Crippen molar-refractivity contribution >= 4 is 17.3 Å². The third-order valence-electron chi connectivity index (χ3n) is 3.65. The SMILES string of the molecule is Cc1cc([N+](=O)[O-])ccc1NC(=O)c1ccn(COc2ccccc2)n1. The number of rotatable bonds is 6. The van der Waals surface area contributed by atoms with Gasteiger partial charge in [0.15, 0.2) is 12.4 Å². The highest BCUT2D eigenvalue weighted by atomic mass is 16.6. The van der Waals surface area contributed by atoms with Crippen molar-refractivity contribution in [1.29, 1.82) is 0 Å². The lowest BCUT2D eigenvalue weighted by molar-refractivity contribution is -0.384. The molecule has 8 nitrogen and oxygen atoms in total. The van der Waals surface area contributed by atoms with Gasteiger partial charge in [-0.2, -0.15) is 5.10 Å².